The molecule has 6 nitrogen and oxygen atoms in total. The van der Waals surface area contributed by atoms with E-state index in [9.17, 15) is 9.81 Å². The maximum absolute atomic E-state index is 11.3. The van der Waals surface area contributed by atoms with Crippen molar-refractivity contribution in [3.8, 4) is 0 Å². The zero-order chi connectivity index (χ0) is 24.7. The van der Waals surface area contributed by atoms with Gasteiger partial charge in [0.25, 0.3) is 0 Å². The normalized spacial score (nSPS) is 10.6. The van der Waals surface area contributed by atoms with Crippen LogP contribution < -0.4 is 10.0 Å². The van der Waals surface area contributed by atoms with Gasteiger partial charge in [-0.25, -0.2) is 10.0 Å². The van der Waals surface area contributed by atoms with Crippen molar-refractivity contribution in [2.75, 3.05) is 23.1 Å². The van der Waals surface area contributed by atoms with E-state index >= 15 is 0 Å². The molecule has 0 fully saturated rings. The maximum Gasteiger partial charge on any atom is 0.0627 e. The molecule has 1 aromatic rings. The van der Waals surface area contributed by atoms with Gasteiger partial charge >= 0.3 is 0 Å². The predicted molar refractivity (Wildman–Crippen MR) is 147 cm³/mol. The summed E-state index contributed by atoms with van der Waals surface area (Å²) >= 11 is 0. The number of allylic oxidation sites excluding steroid dienone is 2. The molecule has 34 heavy (non-hydrogen) atoms. The highest BCUT2D eigenvalue weighted by Crippen LogP contribution is 2.23. The van der Waals surface area contributed by atoms with Crippen LogP contribution in [0.3, 0.4) is 0 Å². The number of hydrogen-bond acceptors (Lipinski definition) is 4. The molecule has 1 rings (SSSR count). The van der Waals surface area contributed by atoms with Crippen molar-refractivity contribution in [2.24, 2.45) is 10.6 Å². The monoisotopic (exact) mass is 470 g/mol. The predicted octanol–water partition coefficient (Wildman–Crippen LogP) is 9.28. The Labute approximate surface area is 207 Å². The van der Waals surface area contributed by atoms with E-state index in [2.05, 4.69) is 23.7 Å². The smallest absolute Gasteiger partial charge is 0.0627 e. The summed E-state index contributed by atoms with van der Waals surface area (Å²) in [7, 11) is 0. The van der Waals surface area contributed by atoms with Crippen molar-refractivity contribution in [3.63, 3.8) is 0 Å². The van der Waals surface area contributed by atoms with Crippen LogP contribution in [0.5, 0.6) is 0 Å². The molecule has 0 saturated heterocycles. The van der Waals surface area contributed by atoms with Gasteiger partial charge in [-0.1, -0.05) is 76.4 Å². The standard InChI is InChI=1S/C28H46N4O2/c1-3-5-7-9-11-13-15-17-19-25-31(29-33)27-21-23-28(24-22-27)32(30-34)26-20-18-16-14-12-10-8-6-4-2/h3-4,21-24H,1-2,5-20,25-26H2. The molecular formula is C28H46N4O2. The second-order valence-electron chi connectivity index (χ2n) is 9.03. The first-order valence-electron chi connectivity index (χ1n) is 13.3. The van der Waals surface area contributed by atoms with Gasteiger partial charge in [-0.2, -0.15) is 0 Å². The van der Waals surface area contributed by atoms with Gasteiger partial charge in [-0.05, 0) is 62.8 Å². The first kappa shape index (κ1) is 29.5. The number of nitroso groups, excluding NO2 is 2. The molecule has 0 heterocycles. The molecular weight excluding hydrogens is 424 g/mol. The minimum atomic E-state index is 0.614. The topological polar surface area (TPSA) is 65.3 Å². The van der Waals surface area contributed by atoms with Crippen LogP contribution in [0.2, 0.25) is 0 Å². The quantitative estimate of drug-likeness (QED) is 0.0653. The molecule has 0 bridgehead atoms. The van der Waals surface area contributed by atoms with E-state index in [4.69, 9.17) is 0 Å². The molecule has 190 valence electrons. The minimum Gasteiger partial charge on any atom is -0.229 e. The van der Waals surface area contributed by atoms with E-state index in [0.717, 1.165) is 49.9 Å². The Kier molecular flexibility index (Phi) is 18.3. The van der Waals surface area contributed by atoms with Gasteiger partial charge in [0.2, 0.25) is 0 Å². The molecule has 0 aliphatic rings. The first-order chi connectivity index (χ1) is 16.8. The third-order valence-corrected chi connectivity index (χ3v) is 6.20. The lowest BCUT2D eigenvalue weighted by Gasteiger charge is -2.18. The van der Waals surface area contributed by atoms with Crippen molar-refractivity contribution in [1.29, 1.82) is 0 Å². The summed E-state index contributed by atoms with van der Waals surface area (Å²) in [5.74, 6) is 0. The molecule has 0 spiro atoms. The lowest BCUT2D eigenvalue weighted by molar-refractivity contribution is 0.577. The van der Waals surface area contributed by atoms with Gasteiger partial charge < -0.3 is 0 Å². The number of anilines is 2. The molecule has 1 aromatic carbocycles. The largest absolute Gasteiger partial charge is 0.229 e. The molecule has 0 unspecified atom stereocenters. The Morgan fingerprint density at radius 3 is 1.12 bits per heavy atom. The van der Waals surface area contributed by atoms with Crippen LogP contribution >= 0.6 is 0 Å². The first-order valence-corrected chi connectivity index (χ1v) is 13.3. The summed E-state index contributed by atoms with van der Waals surface area (Å²) in [5.41, 5.74) is 1.51. The van der Waals surface area contributed by atoms with Crippen LogP contribution in [0.4, 0.5) is 11.4 Å². The van der Waals surface area contributed by atoms with E-state index in [-0.39, 0.29) is 0 Å². The average Bonchev–Trinajstić information content (AvgIpc) is 2.87. The summed E-state index contributed by atoms with van der Waals surface area (Å²) in [6, 6.07) is 7.38. The molecule has 0 saturated carbocycles. The molecule has 0 N–H and O–H groups in total. The fourth-order valence-electron chi connectivity index (χ4n) is 4.10. The number of unbranched alkanes of at least 4 members (excludes halogenated alkanes) is 14. The highest BCUT2D eigenvalue weighted by atomic mass is 16.3. The van der Waals surface area contributed by atoms with Crippen LogP contribution in [0.25, 0.3) is 0 Å². The molecule has 0 aliphatic heterocycles. The summed E-state index contributed by atoms with van der Waals surface area (Å²) < 4.78 is 0. The van der Waals surface area contributed by atoms with E-state index in [1.807, 2.05) is 36.4 Å². The van der Waals surface area contributed by atoms with Crippen molar-refractivity contribution in [3.05, 3.63) is 59.4 Å². The summed E-state index contributed by atoms with van der Waals surface area (Å²) in [4.78, 5) is 22.7. The van der Waals surface area contributed by atoms with Gasteiger partial charge in [-0.15, -0.1) is 23.0 Å². The lowest BCUT2D eigenvalue weighted by Crippen LogP contribution is -2.18. The van der Waals surface area contributed by atoms with E-state index in [0.29, 0.717) is 13.1 Å². The Morgan fingerprint density at radius 2 is 0.824 bits per heavy atom. The van der Waals surface area contributed by atoms with Gasteiger partial charge in [0, 0.05) is 13.1 Å². The Bertz CT molecular complexity index is 606. The minimum absolute atomic E-state index is 0.614. The van der Waals surface area contributed by atoms with E-state index < -0.39 is 0 Å². The zero-order valence-electron chi connectivity index (χ0n) is 21.2. The lowest BCUT2D eigenvalue weighted by atomic mass is 10.1. The zero-order valence-corrected chi connectivity index (χ0v) is 21.2. The molecule has 0 aliphatic carbocycles. The second-order valence-corrected chi connectivity index (χ2v) is 9.03. The highest BCUT2D eigenvalue weighted by Gasteiger charge is 2.10. The Balaban J connectivity index is 2.27. The number of rotatable bonds is 24. The molecule has 0 amide bonds. The van der Waals surface area contributed by atoms with Crippen molar-refractivity contribution in [2.45, 2.75) is 103 Å². The van der Waals surface area contributed by atoms with Crippen LogP contribution in [0, 0.1) is 9.81 Å². The van der Waals surface area contributed by atoms with Crippen LogP contribution in [-0.2, 0) is 0 Å². The SMILES string of the molecule is C=CCCCCCCCCCN(N=O)c1ccc(N(CCCCCCCCCC=C)N=O)cc1. The van der Waals surface area contributed by atoms with E-state index in [1.54, 1.807) is 0 Å². The number of nitrogens with zero attached hydrogens (tertiary/aromatic N) is 4. The molecule has 0 atom stereocenters. The van der Waals surface area contributed by atoms with Crippen molar-refractivity contribution in [1.82, 2.24) is 0 Å². The van der Waals surface area contributed by atoms with Gasteiger partial charge in [0.15, 0.2) is 0 Å². The number of benzene rings is 1. The Morgan fingerprint density at radius 1 is 0.529 bits per heavy atom. The second kappa shape index (κ2) is 21.1. The summed E-state index contributed by atoms with van der Waals surface area (Å²) in [5, 5.41) is 9.39. The highest BCUT2D eigenvalue weighted by molar-refractivity contribution is 5.55. The molecule has 0 aromatic heterocycles. The maximum atomic E-state index is 11.3. The van der Waals surface area contributed by atoms with Crippen LogP contribution in [-0.4, -0.2) is 13.1 Å². The van der Waals surface area contributed by atoms with E-state index in [1.165, 1.54) is 74.2 Å². The van der Waals surface area contributed by atoms with Crippen LogP contribution in [0.1, 0.15) is 103 Å². The summed E-state index contributed by atoms with van der Waals surface area (Å²) in [6.07, 6.45) is 22.7. The van der Waals surface area contributed by atoms with Crippen LogP contribution in [0.15, 0.2) is 60.1 Å². The van der Waals surface area contributed by atoms with Gasteiger partial charge in [-0.3, -0.25) is 0 Å². The Hall–Kier alpha value is -2.50. The number of hydrogen-bond donors (Lipinski definition) is 0. The van der Waals surface area contributed by atoms with Gasteiger partial charge in [0.1, 0.15) is 0 Å². The van der Waals surface area contributed by atoms with Gasteiger partial charge in [0.05, 0.1) is 21.9 Å². The van der Waals surface area contributed by atoms with Crippen molar-refractivity contribution < 1.29 is 0 Å². The third-order valence-electron chi connectivity index (χ3n) is 6.20. The summed E-state index contributed by atoms with van der Waals surface area (Å²) in [6.45, 7) is 8.73. The molecule has 0 radical (unpaired) electrons. The third kappa shape index (κ3) is 13.9. The fraction of sp³-hybridized carbons (Fsp3) is 0.643. The molecule has 6 heteroatoms. The fourth-order valence-corrected chi connectivity index (χ4v) is 4.10. The average molecular weight is 471 g/mol. The van der Waals surface area contributed by atoms with Crippen molar-refractivity contribution >= 4 is 11.4 Å².